The number of fused-ring (bicyclic) bond motifs is 1. The highest BCUT2D eigenvalue weighted by Gasteiger charge is 2.10. The molecule has 2 aromatic rings. The Labute approximate surface area is 126 Å². The summed E-state index contributed by atoms with van der Waals surface area (Å²) in [5.41, 5.74) is 7.82. The SMILES string of the molecule is Nc1c(NCCCCN2CCCCC2)nn2ccccc12. The van der Waals surface area contributed by atoms with Gasteiger partial charge in [-0.05, 0) is 57.5 Å². The van der Waals surface area contributed by atoms with E-state index in [1.165, 1.54) is 45.3 Å². The fraction of sp³-hybridized carbons (Fsp3) is 0.562. The summed E-state index contributed by atoms with van der Waals surface area (Å²) in [5.74, 6) is 0.805. The topological polar surface area (TPSA) is 58.6 Å². The number of unbranched alkanes of at least 4 members (excludes halogenated alkanes) is 1. The minimum Gasteiger partial charge on any atom is -0.394 e. The second-order valence-corrected chi connectivity index (χ2v) is 5.83. The lowest BCUT2D eigenvalue weighted by Crippen LogP contribution is -2.30. The van der Waals surface area contributed by atoms with Crippen molar-refractivity contribution in [3.63, 3.8) is 0 Å². The lowest BCUT2D eigenvalue weighted by molar-refractivity contribution is 0.225. The van der Waals surface area contributed by atoms with Crippen molar-refractivity contribution in [2.24, 2.45) is 0 Å². The molecule has 0 radical (unpaired) electrons. The second kappa shape index (κ2) is 6.80. The maximum atomic E-state index is 6.12. The van der Waals surface area contributed by atoms with Crippen molar-refractivity contribution in [2.75, 3.05) is 37.2 Å². The maximum absolute atomic E-state index is 6.12. The molecule has 3 N–H and O–H groups in total. The van der Waals surface area contributed by atoms with Crippen molar-refractivity contribution in [2.45, 2.75) is 32.1 Å². The lowest BCUT2D eigenvalue weighted by Gasteiger charge is -2.26. The van der Waals surface area contributed by atoms with Crippen LogP contribution >= 0.6 is 0 Å². The van der Waals surface area contributed by atoms with Crippen LogP contribution in [0.15, 0.2) is 24.4 Å². The molecule has 0 amide bonds. The molecule has 1 fully saturated rings. The van der Waals surface area contributed by atoms with Crippen LogP contribution < -0.4 is 11.1 Å². The van der Waals surface area contributed by atoms with E-state index in [1.807, 2.05) is 28.9 Å². The molecule has 1 aliphatic rings. The third kappa shape index (κ3) is 3.47. The number of anilines is 2. The van der Waals surface area contributed by atoms with Crippen molar-refractivity contribution < 1.29 is 0 Å². The summed E-state index contributed by atoms with van der Waals surface area (Å²) < 4.78 is 1.82. The molecule has 0 spiro atoms. The van der Waals surface area contributed by atoms with E-state index in [-0.39, 0.29) is 0 Å². The van der Waals surface area contributed by atoms with E-state index < -0.39 is 0 Å². The Hall–Kier alpha value is -1.75. The van der Waals surface area contributed by atoms with Gasteiger partial charge < -0.3 is 16.0 Å². The Morgan fingerprint density at radius 2 is 2.00 bits per heavy atom. The van der Waals surface area contributed by atoms with Crippen LogP contribution in [0.1, 0.15) is 32.1 Å². The van der Waals surface area contributed by atoms with Crippen LogP contribution in [0.3, 0.4) is 0 Å². The zero-order chi connectivity index (χ0) is 14.5. The minimum absolute atomic E-state index is 0.742. The molecule has 0 aromatic carbocycles. The number of nitrogens with one attached hydrogen (secondary N) is 1. The van der Waals surface area contributed by atoms with E-state index >= 15 is 0 Å². The van der Waals surface area contributed by atoms with Gasteiger partial charge in [-0.15, -0.1) is 5.10 Å². The van der Waals surface area contributed by atoms with Crippen LogP contribution in [-0.2, 0) is 0 Å². The smallest absolute Gasteiger partial charge is 0.172 e. The number of aromatic nitrogens is 2. The highest BCUT2D eigenvalue weighted by molar-refractivity contribution is 5.80. The van der Waals surface area contributed by atoms with Crippen molar-refractivity contribution in [3.8, 4) is 0 Å². The molecule has 0 unspecified atom stereocenters. The molecule has 1 saturated heterocycles. The monoisotopic (exact) mass is 287 g/mol. The molecule has 1 aliphatic heterocycles. The number of rotatable bonds is 6. The van der Waals surface area contributed by atoms with Gasteiger partial charge in [0, 0.05) is 12.7 Å². The number of likely N-dealkylation sites (tertiary alicyclic amines) is 1. The Morgan fingerprint density at radius 3 is 2.81 bits per heavy atom. The van der Waals surface area contributed by atoms with Gasteiger partial charge in [-0.1, -0.05) is 12.5 Å². The summed E-state index contributed by atoms with van der Waals surface area (Å²) in [5, 5.41) is 7.83. The largest absolute Gasteiger partial charge is 0.394 e. The summed E-state index contributed by atoms with van der Waals surface area (Å²) in [7, 11) is 0. The summed E-state index contributed by atoms with van der Waals surface area (Å²) in [6.07, 6.45) is 8.47. The molecule has 5 nitrogen and oxygen atoms in total. The minimum atomic E-state index is 0.742. The third-order valence-electron chi connectivity index (χ3n) is 4.22. The van der Waals surface area contributed by atoms with Crippen LogP contribution in [0.5, 0.6) is 0 Å². The molecule has 114 valence electrons. The van der Waals surface area contributed by atoms with Crippen LogP contribution in [0.4, 0.5) is 11.5 Å². The molecule has 21 heavy (non-hydrogen) atoms. The maximum Gasteiger partial charge on any atom is 0.172 e. The van der Waals surface area contributed by atoms with E-state index in [2.05, 4.69) is 15.3 Å². The first-order chi connectivity index (χ1) is 10.3. The predicted molar refractivity (Wildman–Crippen MR) is 87.6 cm³/mol. The van der Waals surface area contributed by atoms with Crippen LogP contribution in [-0.4, -0.2) is 40.7 Å². The van der Waals surface area contributed by atoms with Gasteiger partial charge in [0.1, 0.15) is 5.69 Å². The molecule has 5 heteroatoms. The summed E-state index contributed by atoms with van der Waals surface area (Å²) >= 11 is 0. The van der Waals surface area contributed by atoms with Crippen molar-refractivity contribution in [1.82, 2.24) is 14.5 Å². The molecular formula is C16H25N5. The summed E-state index contributed by atoms with van der Waals surface area (Å²) in [6.45, 7) is 4.73. The number of nitrogen functional groups attached to an aromatic ring is 1. The summed E-state index contributed by atoms with van der Waals surface area (Å²) in [6, 6.07) is 5.93. The van der Waals surface area contributed by atoms with Gasteiger partial charge in [0.15, 0.2) is 5.82 Å². The average Bonchev–Trinajstić information content (AvgIpc) is 2.85. The van der Waals surface area contributed by atoms with Crippen molar-refractivity contribution in [1.29, 1.82) is 0 Å². The standard InChI is InChI=1S/C16H25N5/c17-15-14-8-2-6-13-21(14)19-16(15)18-9-3-7-12-20-10-4-1-5-11-20/h2,6,8,13H,1,3-5,7,9-12,17H2,(H,18,19). The van der Waals surface area contributed by atoms with Crippen molar-refractivity contribution in [3.05, 3.63) is 24.4 Å². The van der Waals surface area contributed by atoms with Gasteiger partial charge in [0.2, 0.25) is 0 Å². The van der Waals surface area contributed by atoms with Gasteiger partial charge in [0.25, 0.3) is 0 Å². The summed E-state index contributed by atoms with van der Waals surface area (Å²) in [4.78, 5) is 2.59. The number of nitrogens with zero attached hydrogens (tertiary/aromatic N) is 3. The highest BCUT2D eigenvalue weighted by atomic mass is 15.3. The number of nitrogens with two attached hydrogens (primary N) is 1. The average molecular weight is 287 g/mol. The van der Waals surface area contributed by atoms with Crippen LogP contribution in [0, 0.1) is 0 Å². The second-order valence-electron chi connectivity index (χ2n) is 5.83. The van der Waals surface area contributed by atoms with E-state index in [1.54, 1.807) is 0 Å². The van der Waals surface area contributed by atoms with Crippen LogP contribution in [0.25, 0.3) is 5.52 Å². The highest BCUT2D eigenvalue weighted by Crippen LogP contribution is 2.22. The third-order valence-corrected chi connectivity index (χ3v) is 4.22. The van der Waals surface area contributed by atoms with E-state index in [0.717, 1.165) is 30.0 Å². The number of pyridine rings is 1. The van der Waals surface area contributed by atoms with Gasteiger partial charge in [-0.25, -0.2) is 4.52 Å². The lowest BCUT2D eigenvalue weighted by atomic mass is 10.1. The number of hydrogen-bond donors (Lipinski definition) is 2. The van der Waals surface area contributed by atoms with Gasteiger partial charge in [-0.3, -0.25) is 0 Å². The van der Waals surface area contributed by atoms with Gasteiger partial charge >= 0.3 is 0 Å². The molecule has 0 bridgehead atoms. The van der Waals surface area contributed by atoms with Crippen molar-refractivity contribution >= 4 is 17.0 Å². The van der Waals surface area contributed by atoms with E-state index in [4.69, 9.17) is 5.73 Å². The fourth-order valence-corrected chi connectivity index (χ4v) is 3.00. The Balaban J connectivity index is 1.43. The van der Waals surface area contributed by atoms with Gasteiger partial charge in [-0.2, -0.15) is 0 Å². The Kier molecular flexibility index (Phi) is 4.60. The number of piperidine rings is 1. The molecule has 0 atom stereocenters. The first-order valence-corrected chi connectivity index (χ1v) is 8.03. The Bertz CT molecular complexity index is 571. The zero-order valence-corrected chi connectivity index (χ0v) is 12.6. The fourth-order valence-electron chi connectivity index (χ4n) is 3.00. The Morgan fingerprint density at radius 1 is 1.14 bits per heavy atom. The zero-order valence-electron chi connectivity index (χ0n) is 12.6. The first-order valence-electron chi connectivity index (χ1n) is 8.03. The number of hydrogen-bond acceptors (Lipinski definition) is 4. The van der Waals surface area contributed by atoms with E-state index in [9.17, 15) is 0 Å². The van der Waals surface area contributed by atoms with Crippen LogP contribution in [0.2, 0.25) is 0 Å². The van der Waals surface area contributed by atoms with Gasteiger partial charge in [0.05, 0.1) is 5.52 Å². The molecule has 0 aliphatic carbocycles. The first kappa shape index (κ1) is 14.2. The normalized spacial score (nSPS) is 16.4. The molecule has 3 heterocycles. The molecule has 3 rings (SSSR count). The van der Waals surface area contributed by atoms with E-state index in [0.29, 0.717) is 0 Å². The molecular weight excluding hydrogens is 262 g/mol. The quantitative estimate of drug-likeness (QED) is 0.802. The molecule has 0 saturated carbocycles. The predicted octanol–water partition coefficient (Wildman–Crippen LogP) is 2.59. The molecule has 2 aromatic heterocycles.